The van der Waals surface area contributed by atoms with E-state index >= 15 is 0 Å². The summed E-state index contributed by atoms with van der Waals surface area (Å²) in [7, 11) is 0. The number of halogens is 2. The first-order chi connectivity index (χ1) is 17.8. The van der Waals surface area contributed by atoms with E-state index in [2.05, 4.69) is 10.6 Å². The van der Waals surface area contributed by atoms with Gasteiger partial charge in [0.1, 0.15) is 11.6 Å². The summed E-state index contributed by atoms with van der Waals surface area (Å²) in [5.74, 6) is -4.27. The third-order valence-electron chi connectivity index (χ3n) is 5.79. The number of nitrogens with one attached hydrogen (secondary N) is 2. The highest BCUT2D eigenvalue weighted by atomic mass is 19.1. The number of carbonyl (C=O) groups excluding carboxylic acids is 4. The minimum Gasteiger partial charge on any atom is -0.320 e. The summed E-state index contributed by atoms with van der Waals surface area (Å²) in [5, 5.41) is 5.04. The summed E-state index contributed by atoms with van der Waals surface area (Å²) < 4.78 is 28.4. The molecule has 0 radical (unpaired) electrons. The van der Waals surface area contributed by atoms with Crippen LogP contribution in [0.2, 0.25) is 0 Å². The Labute approximate surface area is 209 Å². The number of carbonyl (C=O) groups is 4. The third-order valence-corrected chi connectivity index (χ3v) is 5.79. The molecule has 0 aromatic heterocycles. The van der Waals surface area contributed by atoms with Crippen LogP contribution >= 0.6 is 0 Å². The molecule has 0 atom stereocenters. The van der Waals surface area contributed by atoms with E-state index in [-0.39, 0.29) is 39.3 Å². The lowest BCUT2D eigenvalue weighted by atomic mass is 10.1. The molecule has 4 aromatic carbocycles. The summed E-state index contributed by atoms with van der Waals surface area (Å²) in [6, 6.07) is 21.0. The Morgan fingerprint density at radius 2 is 1.05 bits per heavy atom. The molecule has 0 fully saturated rings. The van der Waals surface area contributed by atoms with Gasteiger partial charge in [-0.15, -0.1) is 0 Å². The maximum absolute atomic E-state index is 14.2. The van der Waals surface area contributed by atoms with Crippen molar-refractivity contribution < 1.29 is 28.0 Å². The van der Waals surface area contributed by atoms with Crippen molar-refractivity contribution in [1.82, 2.24) is 0 Å². The fraction of sp³-hybridized carbons (Fsp3) is 0. The summed E-state index contributed by atoms with van der Waals surface area (Å²) in [6.45, 7) is 0. The van der Waals surface area contributed by atoms with Crippen LogP contribution in [0.4, 0.5) is 25.8 Å². The average molecular weight is 497 g/mol. The molecule has 37 heavy (non-hydrogen) atoms. The van der Waals surface area contributed by atoms with Gasteiger partial charge >= 0.3 is 0 Å². The Morgan fingerprint density at radius 1 is 0.595 bits per heavy atom. The van der Waals surface area contributed by atoms with Gasteiger partial charge in [-0.2, -0.15) is 0 Å². The summed E-state index contributed by atoms with van der Waals surface area (Å²) >= 11 is 0. The molecular formula is C28H17F2N3O4. The van der Waals surface area contributed by atoms with E-state index in [0.29, 0.717) is 0 Å². The molecule has 7 nitrogen and oxygen atoms in total. The lowest BCUT2D eigenvalue weighted by molar-refractivity contribution is 0.0924. The smallest absolute Gasteiger partial charge is 0.266 e. The van der Waals surface area contributed by atoms with Crippen molar-refractivity contribution in [3.63, 3.8) is 0 Å². The van der Waals surface area contributed by atoms with Gasteiger partial charge in [-0.1, -0.05) is 36.4 Å². The molecule has 0 aliphatic carbocycles. The second-order valence-electron chi connectivity index (χ2n) is 8.09. The average Bonchev–Trinajstić information content (AvgIpc) is 3.15. The van der Waals surface area contributed by atoms with Gasteiger partial charge < -0.3 is 10.6 Å². The second-order valence-corrected chi connectivity index (χ2v) is 8.09. The molecule has 4 aromatic rings. The van der Waals surface area contributed by atoms with Gasteiger partial charge in [0.05, 0.1) is 39.3 Å². The van der Waals surface area contributed by atoms with Gasteiger partial charge in [-0.05, 0) is 54.6 Å². The minimum atomic E-state index is -0.834. The summed E-state index contributed by atoms with van der Waals surface area (Å²) in [4.78, 5) is 52.4. The van der Waals surface area contributed by atoms with Crippen molar-refractivity contribution in [2.75, 3.05) is 15.5 Å². The molecule has 182 valence electrons. The zero-order chi connectivity index (χ0) is 26.1. The number of nitrogens with zero attached hydrogens (tertiary/aromatic N) is 1. The van der Waals surface area contributed by atoms with E-state index in [1.807, 2.05) is 0 Å². The molecule has 1 aliphatic rings. The van der Waals surface area contributed by atoms with Gasteiger partial charge in [0.15, 0.2) is 0 Å². The normalized spacial score (nSPS) is 12.3. The van der Waals surface area contributed by atoms with Crippen molar-refractivity contribution >= 4 is 40.7 Å². The number of anilines is 3. The standard InChI is InChI=1S/C28H17F2N3O4/c29-21-11-5-3-9-19(21)25(34)31-23-14-13-16(33-27(36)17-7-1-2-8-18(17)28(33)37)15-24(23)32-26(35)20-10-4-6-12-22(20)30/h1-15H,(H,31,34)(H,32,35). The van der Waals surface area contributed by atoms with E-state index < -0.39 is 35.3 Å². The predicted molar refractivity (Wildman–Crippen MR) is 133 cm³/mol. The van der Waals surface area contributed by atoms with Crippen LogP contribution in [0, 0.1) is 11.6 Å². The van der Waals surface area contributed by atoms with Crippen molar-refractivity contribution in [3.05, 3.63) is 125 Å². The zero-order valence-electron chi connectivity index (χ0n) is 19.0. The maximum Gasteiger partial charge on any atom is 0.266 e. The fourth-order valence-corrected chi connectivity index (χ4v) is 3.98. The molecule has 9 heteroatoms. The number of rotatable bonds is 5. The molecule has 1 heterocycles. The number of hydrogen-bond donors (Lipinski definition) is 2. The van der Waals surface area contributed by atoms with Gasteiger partial charge in [0.25, 0.3) is 23.6 Å². The van der Waals surface area contributed by atoms with E-state index in [1.54, 1.807) is 12.1 Å². The first-order valence-electron chi connectivity index (χ1n) is 11.1. The van der Waals surface area contributed by atoms with Gasteiger partial charge in [0.2, 0.25) is 0 Å². The van der Waals surface area contributed by atoms with Crippen molar-refractivity contribution in [2.45, 2.75) is 0 Å². The molecule has 0 bridgehead atoms. The number of fused-ring (bicyclic) bond motifs is 1. The second kappa shape index (κ2) is 9.46. The number of imide groups is 1. The van der Waals surface area contributed by atoms with Crippen LogP contribution < -0.4 is 15.5 Å². The first kappa shape index (κ1) is 23.6. The van der Waals surface area contributed by atoms with Gasteiger partial charge in [0, 0.05) is 0 Å². The van der Waals surface area contributed by atoms with Gasteiger partial charge in [-0.3, -0.25) is 19.2 Å². The Balaban J connectivity index is 1.53. The molecule has 0 saturated heterocycles. The molecule has 2 N–H and O–H groups in total. The van der Waals surface area contributed by atoms with Crippen molar-refractivity contribution in [2.24, 2.45) is 0 Å². The zero-order valence-corrected chi connectivity index (χ0v) is 19.0. The largest absolute Gasteiger partial charge is 0.320 e. The lowest BCUT2D eigenvalue weighted by Crippen LogP contribution is -2.29. The Bertz CT molecular complexity index is 1570. The molecule has 5 rings (SSSR count). The van der Waals surface area contributed by atoms with Crippen LogP contribution in [0.3, 0.4) is 0 Å². The van der Waals surface area contributed by atoms with Crippen LogP contribution in [0.5, 0.6) is 0 Å². The number of benzene rings is 4. The van der Waals surface area contributed by atoms with Gasteiger partial charge in [-0.25, -0.2) is 13.7 Å². The minimum absolute atomic E-state index is 0.0352. The molecule has 1 aliphatic heterocycles. The van der Waals surface area contributed by atoms with E-state index in [4.69, 9.17) is 0 Å². The van der Waals surface area contributed by atoms with E-state index in [0.717, 1.165) is 17.0 Å². The summed E-state index contributed by atoms with van der Waals surface area (Å²) in [6.07, 6.45) is 0. The Kier molecular flexibility index (Phi) is 6.02. The molecular weight excluding hydrogens is 480 g/mol. The molecule has 0 unspecified atom stereocenters. The predicted octanol–water partition coefficient (Wildman–Crippen LogP) is 5.27. The number of hydrogen-bond acceptors (Lipinski definition) is 4. The van der Waals surface area contributed by atoms with Crippen molar-refractivity contribution in [3.8, 4) is 0 Å². The molecule has 0 saturated carbocycles. The SMILES string of the molecule is O=C(Nc1ccc(N2C(=O)c3ccccc3C2=O)cc1NC(=O)c1ccccc1F)c1ccccc1F. The topological polar surface area (TPSA) is 95.6 Å². The fourth-order valence-electron chi connectivity index (χ4n) is 3.98. The highest BCUT2D eigenvalue weighted by Crippen LogP contribution is 2.34. The summed E-state index contributed by atoms with van der Waals surface area (Å²) in [5.41, 5.74) is 0.0605. The van der Waals surface area contributed by atoms with E-state index in [1.165, 1.54) is 66.7 Å². The molecule has 0 spiro atoms. The van der Waals surface area contributed by atoms with Crippen LogP contribution in [0.1, 0.15) is 41.4 Å². The van der Waals surface area contributed by atoms with Crippen LogP contribution in [0.25, 0.3) is 0 Å². The highest BCUT2D eigenvalue weighted by Gasteiger charge is 2.36. The van der Waals surface area contributed by atoms with Crippen LogP contribution in [-0.2, 0) is 0 Å². The Morgan fingerprint density at radius 3 is 1.57 bits per heavy atom. The number of amides is 4. The lowest BCUT2D eigenvalue weighted by Gasteiger charge is -2.18. The highest BCUT2D eigenvalue weighted by molar-refractivity contribution is 6.34. The first-order valence-corrected chi connectivity index (χ1v) is 11.1. The monoisotopic (exact) mass is 497 g/mol. The van der Waals surface area contributed by atoms with Crippen LogP contribution in [-0.4, -0.2) is 23.6 Å². The third kappa shape index (κ3) is 4.34. The van der Waals surface area contributed by atoms with Crippen LogP contribution in [0.15, 0.2) is 91.0 Å². The molecule has 4 amide bonds. The maximum atomic E-state index is 14.2. The van der Waals surface area contributed by atoms with E-state index in [9.17, 15) is 28.0 Å². The quantitative estimate of drug-likeness (QED) is 0.367. The van der Waals surface area contributed by atoms with Crippen molar-refractivity contribution in [1.29, 1.82) is 0 Å². The Hall–Kier alpha value is -5.18.